The summed E-state index contributed by atoms with van der Waals surface area (Å²) in [5.74, 6) is -3.52. The van der Waals surface area contributed by atoms with Crippen LogP contribution in [0.5, 0.6) is 5.75 Å². The predicted octanol–water partition coefficient (Wildman–Crippen LogP) is 5.06. The molecule has 1 saturated heterocycles. The van der Waals surface area contributed by atoms with Gasteiger partial charge >= 0.3 is 5.97 Å². The molecule has 2 aliphatic carbocycles. The molecule has 2 saturated carbocycles. The Kier molecular flexibility index (Phi) is 8.46. The van der Waals surface area contributed by atoms with Crippen molar-refractivity contribution in [2.45, 2.75) is 114 Å². The minimum absolute atomic E-state index is 0.0590. The Labute approximate surface area is 225 Å². The number of carbonyl (C=O) groups is 1. The molecule has 0 bridgehead atoms. The van der Waals surface area contributed by atoms with Crippen molar-refractivity contribution in [2.24, 2.45) is 11.8 Å². The second-order valence-electron chi connectivity index (χ2n) is 12.2. The van der Waals surface area contributed by atoms with Crippen molar-refractivity contribution in [3.05, 3.63) is 23.8 Å². The van der Waals surface area contributed by atoms with Gasteiger partial charge in [0, 0.05) is 24.4 Å². The van der Waals surface area contributed by atoms with Gasteiger partial charge in [-0.1, -0.05) is 6.07 Å². The van der Waals surface area contributed by atoms with Gasteiger partial charge in [-0.2, -0.15) is 4.31 Å². The van der Waals surface area contributed by atoms with Crippen molar-refractivity contribution in [3.63, 3.8) is 0 Å². The summed E-state index contributed by atoms with van der Waals surface area (Å²) >= 11 is 0. The molecule has 1 aliphatic heterocycles. The van der Waals surface area contributed by atoms with E-state index in [1.807, 2.05) is 13.8 Å². The van der Waals surface area contributed by atoms with Crippen LogP contribution in [-0.4, -0.2) is 61.5 Å². The number of sulfonamides is 1. The minimum Gasteiger partial charge on any atom is -0.489 e. The van der Waals surface area contributed by atoms with Gasteiger partial charge in [-0.05, 0) is 104 Å². The maximum Gasteiger partial charge on any atom is 0.324 e. The van der Waals surface area contributed by atoms with Crippen LogP contribution in [0.4, 0.5) is 8.78 Å². The molecule has 1 aromatic rings. The number of fused-ring (bicyclic) bond motifs is 1. The summed E-state index contributed by atoms with van der Waals surface area (Å²) in [5, 5.41) is 3.40. The number of alkyl halides is 2. The molecule has 7 nitrogen and oxygen atoms in total. The lowest BCUT2D eigenvalue weighted by Crippen LogP contribution is -2.43. The van der Waals surface area contributed by atoms with Crippen molar-refractivity contribution in [3.8, 4) is 5.75 Å². The first kappa shape index (κ1) is 29.2. The zero-order valence-corrected chi connectivity index (χ0v) is 24.0. The molecular weight excluding hydrogens is 514 g/mol. The summed E-state index contributed by atoms with van der Waals surface area (Å²) in [6.07, 6.45) is 4.40. The maximum absolute atomic E-state index is 13.7. The van der Waals surface area contributed by atoms with E-state index in [9.17, 15) is 22.0 Å². The summed E-state index contributed by atoms with van der Waals surface area (Å²) < 4.78 is 67.0. The molecule has 0 spiro atoms. The van der Waals surface area contributed by atoms with Crippen molar-refractivity contribution in [2.75, 3.05) is 13.1 Å². The quantitative estimate of drug-likeness (QED) is 0.303. The molecule has 10 heteroatoms. The number of carbonyl (C=O) groups excluding carboxylic acids is 1. The third-order valence-electron chi connectivity index (χ3n) is 7.81. The van der Waals surface area contributed by atoms with Crippen molar-refractivity contribution in [1.29, 1.82) is 0 Å². The molecule has 1 N–H and O–H groups in total. The van der Waals surface area contributed by atoms with Gasteiger partial charge in [0.05, 0.1) is 6.10 Å². The second-order valence-corrected chi connectivity index (χ2v) is 14.1. The van der Waals surface area contributed by atoms with Crippen LogP contribution in [-0.2, 0) is 19.6 Å². The van der Waals surface area contributed by atoms with Crippen LogP contribution in [0, 0.1) is 18.8 Å². The SMILES string of the molecule is Cc1ccc(S(=O)(=O)N2CCC[C@H]2C(=O)OC(C)(C)C)c(O[C@H](C)CCCCNC2CC3C(C2)C3(F)F)c1. The molecule has 1 heterocycles. The summed E-state index contributed by atoms with van der Waals surface area (Å²) in [5.41, 5.74) is 0.172. The van der Waals surface area contributed by atoms with Gasteiger partial charge in [0.2, 0.25) is 10.0 Å². The highest BCUT2D eigenvalue weighted by Crippen LogP contribution is 2.64. The largest absolute Gasteiger partial charge is 0.489 e. The third kappa shape index (κ3) is 6.50. The molecule has 0 radical (unpaired) electrons. The number of ether oxygens (including phenoxy) is 2. The van der Waals surface area contributed by atoms with E-state index in [-0.39, 0.29) is 29.3 Å². The van der Waals surface area contributed by atoms with Gasteiger partial charge in [-0.25, -0.2) is 17.2 Å². The Morgan fingerprint density at radius 1 is 1.21 bits per heavy atom. The van der Waals surface area contributed by atoms with E-state index in [1.54, 1.807) is 39.0 Å². The Hall–Kier alpha value is -1.78. The Morgan fingerprint density at radius 2 is 1.89 bits per heavy atom. The number of hydrogen-bond donors (Lipinski definition) is 1. The van der Waals surface area contributed by atoms with Crippen LogP contribution in [0.15, 0.2) is 23.1 Å². The van der Waals surface area contributed by atoms with Crippen LogP contribution < -0.4 is 10.1 Å². The molecule has 1 aromatic carbocycles. The zero-order chi connectivity index (χ0) is 27.9. The Morgan fingerprint density at radius 3 is 2.55 bits per heavy atom. The highest BCUT2D eigenvalue weighted by molar-refractivity contribution is 7.89. The molecule has 4 rings (SSSR count). The molecule has 3 aliphatic rings. The Balaban J connectivity index is 1.31. The van der Waals surface area contributed by atoms with E-state index in [2.05, 4.69) is 5.32 Å². The molecule has 4 atom stereocenters. The topological polar surface area (TPSA) is 84.9 Å². The van der Waals surface area contributed by atoms with Crippen LogP contribution in [0.1, 0.15) is 78.2 Å². The molecule has 3 fully saturated rings. The van der Waals surface area contributed by atoms with Crippen molar-refractivity contribution in [1.82, 2.24) is 9.62 Å². The predicted molar refractivity (Wildman–Crippen MR) is 141 cm³/mol. The lowest BCUT2D eigenvalue weighted by molar-refractivity contribution is -0.158. The number of nitrogens with one attached hydrogen (secondary N) is 1. The minimum atomic E-state index is -3.99. The van der Waals surface area contributed by atoms with E-state index in [0.717, 1.165) is 31.4 Å². The first-order valence-corrected chi connectivity index (χ1v) is 15.3. The highest BCUT2D eigenvalue weighted by Gasteiger charge is 2.71. The normalized spacial score (nSPS) is 27.7. The first-order chi connectivity index (χ1) is 17.7. The average molecular weight is 557 g/mol. The van der Waals surface area contributed by atoms with Gasteiger partial charge in [-0.15, -0.1) is 0 Å². The van der Waals surface area contributed by atoms with Crippen LogP contribution in [0.25, 0.3) is 0 Å². The molecule has 0 amide bonds. The van der Waals surface area contributed by atoms with Gasteiger partial charge in [0.25, 0.3) is 5.92 Å². The number of aryl methyl sites for hydroxylation is 1. The number of benzene rings is 1. The van der Waals surface area contributed by atoms with Gasteiger partial charge in [0.1, 0.15) is 22.3 Å². The average Bonchev–Trinajstić information content (AvgIpc) is 3.25. The van der Waals surface area contributed by atoms with Gasteiger partial charge < -0.3 is 14.8 Å². The standard InChI is InChI=1S/C28H42F2N2O5S/c1-18-11-12-25(38(34,35)32-14-8-10-23(32)26(33)37-27(3,4)5)24(15-18)36-19(2)9-6-7-13-31-20-16-21-22(17-20)28(21,29)30/h11-12,15,19-23,31H,6-10,13-14,16-17H2,1-5H3/t19-,20?,21?,22?,23+/m1/s1. The van der Waals surface area contributed by atoms with Crippen LogP contribution in [0.3, 0.4) is 0 Å². The molecule has 0 aromatic heterocycles. The maximum atomic E-state index is 13.7. The van der Waals surface area contributed by atoms with Crippen LogP contribution in [0.2, 0.25) is 0 Å². The number of nitrogens with zero attached hydrogens (tertiary/aromatic N) is 1. The number of esters is 1. The summed E-state index contributed by atoms with van der Waals surface area (Å²) in [7, 11) is -3.99. The van der Waals surface area contributed by atoms with E-state index >= 15 is 0 Å². The van der Waals surface area contributed by atoms with E-state index in [1.165, 1.54) is 4.31 Å². The fourth-order valence-corrected chi connectivity index (χ4v) is 7.55. The van der Waals surface area contributed by atoms with Gasteiger partial charge in [0.15, 0.2) is 0 Å². The Bertz CT molecular complexity index is 1110. The highest BCUT2D eigenvalue weighted by atomic mass is 32.2. The van der Waals surface area contributed by atoms with Gasteiger partial charge in [-0.3, -0.25) is 4.79 Å². The monoisotopic (exact) mass is 556 g/mol. The lowest BCUT2D eigenvalue weighted by atomic mass is 10.1. The number of halogens is 2. The molecule has 214 valence electrons. The van der Waals surface area contributed by atoms with Crippen molar-refractivity contribution < 1.29 is 31.5 Å². The smallest absolute Gasteiger partial charge is 0.324 e. The molecular formula is C28H42F2N2O5S. The molecule has 2 unspecified atom stereocenters. The van der Waals surface area contributed by atoms with E-state index in [4.69, 9.17) is 9.47 Å². The van der Waals surface area contributed by atoms with E-state index < -0.39 is 45.4 Å². The van der Waals surface area contributed by atoms with Crippen molar-refractivity contribution >= 4 is 16.0 Å². The summed E-state index contributed by atoms with van der Waals surface area (Å²) in [6, 6.07) is 4.35. The first-order valence-electron chi connectivity index (χ1n) is 13.8. The lowest BCUT2D eigenvalue weighted by Gasteiger charge is -2.28. The number of hydrogen-bond acceptors (Lipinski definition) is 6. The summed E-state index contributed by atoms with van der Waals surface area (Å²) in [6.45, 7) is 10.1. The third-order valence-corrected chi connectivity index (χ3v) is 9.76. The summed E-state index contributed by atoms with van der Waals surface area (Å²) in [4.78, 5) is 12.8. The van der Waals surface area contributed by atoms with E-state index in [0.29, 0.717) is 25.7 Å². The van der Waals surface area contributed by atoms with Crippen LogP contribution >= 0.6 is 0 Å². The zero-order valence-electron chi connectivity index (χ0n) is 23.1. The number of unbranched alkanes of at least 4 members (excludes halogenated alkanes) is 1. The molecule has 38 heavy (non-hydrogen) atoms. The fourth-order valence-electron chi connectivity index (χ4n) is 5.80. The number of rotatable bonds is 11. The second kappa shape index (κ2) is 11.0. The fraction of sp³-hybridized carbons (Fsp3) is 0.750.